The molecule has 1 aromatic rings. The van der Waals surface area contributed by atoms with E-state index in [1.54, 1.807) is 6.26 Å². The van der Waals surface area contributed by atoms with Crippen LogP contribution in [0.4, 0.5) is 0 Å². The minimum Gasteiger partial charge on any atom is -0.469 e. The highest BCUT2D eigenvalue weighted by molar-refractivity contribution is 5.06. The smallest absolute Gasteiger partial charge is 0.108 e. The van der Waals surface area contributed by atoms with E-state index in [2.05, 4.69) is 33.0 Å². The summed E-state index contributed by atoms with van der Waals surface area (Å²) >= 11 is 0. The average molecular weight is 181 g/mol. The van der Waals surface area contributed by atoms with E-state index in [9.17, 15) is 0 Å². The minimum absolute atomic E-state index is 0.428. The zero-order chi connectivity index (χ0) is 9.84. The molecular formula is C11H19NO. The lowest BCUT2D eigenvalue weighted by molar-refractivity contribution is 0.384. The van der Waals surface area contributed by atoms with Crippen LogP contribution in [0.25, 0.3) is 0 Å². The largest absolute Gasteiger partial charge is 0.469 e. The first kappa shape index (κ1) is 10.3. The molecule has 2 heteroatoms. The standard InChI is InChI=1S/C11H19NO/c1-8(2)12-10(4)9(3)11-6-5-7-13-11/h5-10,12H,1-4H3. The van der Waals surface area contributed by atoms with Gasteiger partial charge in [0.25, 0.3) is 0 Å². The summed E-state index contributed by atoms with van der Waals surface area (Å²) in [6.45, 7) is 8.68. The summed E-state index contributed by atoms with van der Waals surface area (Å²) < 4.78 is 5.36. The first-order valence-electron chi connectivity index (χ1n) is 4.90. The van der Waals surface area contributed by atoms with E-state index in [0.717, 1.165) is 5.76 Å². The summed E-state index contributed by atoms with van der Waals surface area (Å²) in [7, 11) is 0. The number of nitrogens with one attached hydrogen (secondary N) is 1. The zero-order valence-corrected chi connectivity index (χ0v) is 8.87. The summed E-state index contributed by atoms with van der Waals surface area (Å²) in [6, 6.07) is 4.94. The van der Waals surface area contributed by atoms with E-state index in [1.807, 2.05) is 12.1 Å². The van der Waals surface area contributed by atoms with Crippen LogP contribution in [0.3, 0.4) is 0 Å². The number of hydrogen-bond donors (Lipinski definition) is 1. The van der Waals surface area contributed by atoms with E-state index < -0.39 is 0 Å². The fourth-order valence-corrected chi connectivity index (χ4v) is 1.47. The van der Waals surface area contributed by atoms with Crippen LogP contribution in [-0.4, -0.2) is 12.1 Å². The molecule has 0 saturated heterocycles. The first-order chi connectivity index (χ1) is 6.11. The fourth-order valence-electron chi connectivity index (χ4n) is 1.47. The van der Waals surface area contributed by atoms with Gasteiger partial charge >= 0.3 is 0 Å². The maximum absolute atomic E-state index is 5.36. The molecule has 0 amide bonds. The predicted molar refractivity (Wildman–Crippen MR) is 54.9 cm³/mol. The van der Waals surface area contributed by atoms with Crippen molar-refractivity contribution in [3.05, 3.63) is 24.2 Å². The summed E-state index contributed by atoms with van der Waals surface area (Å²) in [4.78, 5) is 0. The Hall–Kier alpha value is -0.760. The van der Waals surface area contributed by atoms with Gasteiger partial charge in [-0.05, 0) is 19.1 Å². The van der Waals surface area contributed by atoms with Gasteiger partial charge in [0, 0.05) is 18.0 Å². The van der Waals surface area contributed by atoms with Crippen LogP contribution in [0, 0.1) is 0 Å². The van der Waals surface area contributed by atoms with Crippen LogP contribution >= 0.6 is 0 Å². The van der Waals surface area contributed by atoms with Crippen molar-refractivity contribution in [1.82, 2.24) is 5.32 Å². The van der Waals surface area contributed by atoms with Crippen LogP contribution in [0.5, 0.6) is 0 Å². The van der Waals surface area contributed by atoms with E-state index in [-0.39, 0.29) is 0 Å². The van der Waals surface area contributed by atoms with Gasteiger partial charge in [-0.2, -0.15) is 0 Å². The maximum atomic E-state index is 5.36. The molecule has 0 aromatic carbocycles. The molecule has 74 valence electrons. The molecule has 0 aliphatic heterocycles. The fraction of sp³-hybridized carbons (Fsp3) is 0.636. The SMILES string of the molecule is CC(C)NC(C)C(C)c1ccco1. The summed E-state index contributed by atoms with van der Waals surface area (Å²) in [6.07, 6.45) is 1.73. The molecule has 1 aromatic heterocycles. The molecule has 0 radical (unpaired) electrons. The quantitative estimate of drug-likeness (QED) is 0.772. The summed E-state index contributed by atoms with van der Waals surface area (Å²) in [5.41, 5.74) is 0. The minimum atomic E-state index is 0.428. The Labute approximate surface area is 80.3 Å². The van der Waals surface area contributed by atoms with Crippen molar-refractivity contribution in [2.45, 2.75) is 45.7 Å². The Bertz CT molecular complexity index is 228. The van der Waals surface area contributed by atoms with Crippen LogP contribution in [-0.2, 0) is 0 Å². The molecule has 2 nitrogen and oxygen atoms in total. The average Bonchev–Trinajstić information content (AvgIpc) is 2.53. The highest BCUT2D eigenvalue weighted by atomic mass is 16.3. The van der Waals surface area contributed by atoms with Crippen LogP contribution in [0.2, 0.25) is 0 Å². The predicted octanol–water partition coefficient (Wildman–Crippen LogP) is 2.77. The van der Waals surface area contributed by atoms with E-state index in [1.165, 1.54) is 0 Å². The molecule has 0 aliphatic carbocycles. The Balaban J connectivity index is 2.52. The molecule has 0 fully saturated rings. The second-order valence-corrected chi connectivity index (χ2v) is 3.91. The van der Waals surface area contributed by atoms with Crippen molar-refractivity contribution in [3.63, 3.8) is 0 Å². The maximum Gasteiger partial charge on any atom is 0.108 e. The lowest BCUT2D eigenvalue weighted by Gasteiger charge is -2.21. The van der Waals surface area contributed by atoms with Crippen LogP contribution in [0.15, 0.2) is 22.8 Å². The van der Waals surface area contributed by atoms with Crippen LogP contribution < -0.4 is 5.32 Å². The van der Waals surface area contributed by atoms with Gasteiger partial charge in [-0.25, -0.2) is 0 Å². The lowest BCUT2D eigenvalue weighted by atomic mass is 10.0. The van der Waals surface area contributed by atoms with Crippen molar-refractivity contribution >= 4 is 0 Å². The highest BCUT2D eigenvalue weighted by Gasteiger charge is 2.16. The third-order valence-corrected chi connectivity index (χ3v) is 2.34. The molecule has 1 N–H and O–H groups in total. The molecule has 2 unspecified atom stereocenters. The van der Waals surface area contributed by atoms with Crippen molar-refractivity contribution < 1.29 is 4.42 Å². The summed E-state index contributed by atoms with van der Waals surface area (Å²) in [5.74, 6) is 1.48. The van der Waals surface area contributed by atoms with Gasteiger partial charge < -0.3 is 9.73 Å². The Morgan fingerprint density at radius 2 is 1.92 bits per heavy atom. The van der Waals surface area contributed by atoms with Crippen molar-refractivity contribution in [2.24, 2.45) is 0 Å². The van der Waals surface area contributed by atoms with Gasteiger partial charge in [0.2, 0.25) is 0 Å². The van der Waals surface area contributed by atoms with Gasteiger partial charge in [-0.3, -0.25) is 0 Å². The highest BCUT2D eigenvalue weighted by Crippen LogP contribution is 2.19. The third kappa shape index (κ3) is 2.88. The molecule has 13 heavy (non-hydrogen) atoms. The topological polar surface area (TPSA) is 25.2 Å². The Morgan fingerprint density at radius 3 is 2.38 bits per heavy atom. The lowest BCUT2D eigenvalue weighted by Crippen LogP contribution is -2.35. The second-order valence-electron chi connectivity index (χ2n) is 3.91. The van der Waals surface area contributed by atoms with Gasteiger partial charge in [0.15, 0.2) is 0 Å². The molecule has 0 bridgehead atoms. The summed E-state index contributed by atoms with van der Waals surface area (Å²) in [5, 5.41) is 3.47. The molecule has 0 aliphatic rings. The Morgan fingerprint density at radius 1 is 1.23 bits per heavy atom. The third-order valence-electron chi connectivity index (χ3n) is 2.34. The molecule has 1 heterocycles. The normalized spacial score (nSPS) is 16.1. The van der Waals surface area contributed by atoms with E-state index in [4.69, 9.17) is 4.42 Å². The van der Waals surface area contributed by atoms with Crippen molar-refractivity contribution in [3.8, 4) is 0 Å². The van der Waals surface area contributed by atoms with Gasteiger partial charge in [0.1, 0.15) is 5.76 Å². The molecular weight excluding hydrogens is 162 g/mol. The number of hydrogen-bond acceptors (Lipinski definition) is 2. The van der Waals surface area contributed by atoms with Gasteiger partial charge in [0.05, 0.1) is 6.26 Å². The molecule has 1 rings (SSSR count). The first-order valence-corrected chi connectivity index (χ1v) is 4.90. The van der Waals surface area contributed by atoms with E-state index >= 15 is 0 Å². The van der Waals surface area contributed by atoms with Crippen molar-refractivity contribution in [2.75, 3.05) is 0 Å². The monoisotopic (exact) mass is 181 g/mol. The Kier molecular flexibility index (Phi) is 3.55. The van der Waals surface area contributed by atoms with E-state index in [0.29, 0.717) is 18.0 Å². The molecule has 0 saturated carbocycles. The molecule has 2 atom stereocenters. The van der Waals surface area contributed by atoms with Crippen molar-refractivity contribution in [1.29, 1.82) is 0 Å². The number of rotatable bonds is 4. The molecule has 0 spiro atoms. The van der Waals surface area contributed by atoms with Gasteiger partial charge in [-0.15, -0.1) is 0 Å². The number of furan rings is 1. The van der Waals surface area contributed by atoms with Gasteiger partial charge in [-0.1, -0.05) is 20.8 Å². The second kappa shape index (κ2) is 4.47. The zero-order valence-electron chi connectivity index (χ0n) is 8.87. The van der Waals surface area contributed by atoms with Crippen LogP contribution in [0.1, 0.15) is 39.4 Å².